The van der Waals surface area contributed by atoms with E-state index in [0.717, 1.165) is 29.7 Å². The number of carbonyl (C=O) groups excluding carboxylic acids is 1. The summed E-state index contributed by atoms with van der Waals surface area (Å²) in [6.45, 7) is 0.555. The van der Waals surface area contributed by atoms with Crippen LogP contribution >= 0.6 is 0 Å². The van der Waals surface area contributed by atoms with E-state index in [2.05, 4.69) is 25.7 Å². The van der Waals surface area contributed by atoms with Gasteiger partial charge in [-0.05, 0) is 12.8 Å². The van der Waals surface area contributed by atoms with Crippen LogP contribution < -0.4 is 10.6 Å². The van der Waals surface area contributed by atoms with Crippen LogP contribution in [0.5, 0.6) is 0 Å². The Morgan fingerprint density at radius 3 is 3.11 bits per heavy atom. The summed E-state index contributed by atoms with van der Waals surface area (Å²) in [5, 5.41) is 11.1. The molecule has 2 N–H and O–H groups in total. The van der Waals surface area contributed by atoms with Gasteiger partial charge in [0.2, 0.25) is 5.91 Å². The van der Waals surface area contributed by atoms with Crippen molar-refractivity contribution in [3.05, 3.63) is 12.5 Å². The average molecular weight is 260 g/mol. The summed E-state index contributed by atoms with van der Waals surface area (Å²) in [7, 11) is 1.84. The molecule has 0 spiro atoms. The Bertz CT molecular complexity index is 603. The van der Waals surface area contributed by atoms with Gasteiger partial charge in [-0.25, -0.2) is 9.97 Å². The smallest absolute Gasteiger partial charge is 0.221 e. The van der Waals surface area contributed by atoms with Crippen LogP contribution in [0.3, 0.4) is 0 Å². The molecule has 2 aromatic rings. The van der Waals surface area contributed by atoms with E-state index in [0.29, 0.717) is 19.0 Å². The normalized spacial score (nSPS) is 14.6. The Balaban J connectivity index is 1.60. The highest BCUT2D eigenvalue weighted by Gasteiger charge is 2.22. The van der Waals surface area contributed by atoms with Crippen molar-refractivity contribution < 1.29 is 4.79 Å². The Labute approximate surface area is 110 Å². The minimum Gasteiger partial charge on any atom is -0.369 e. The molecule has 1 saturated carbocycles. The molecule has 1 fully saturated rings. The number of nitrogens with zero attached hydrogens (tertiary/aromatic N) is 4. The molecule has 0 atom stereocenters. The maximum atomic E-state index is 11.6. The van der Waals surface area contributed by atoms with Crippen LogP contribution in [-0.4, -0.2) is 38.2 Å². The number of carbonyl (C=O) groups is 1. The van der Waals surface area contributed by atoms with Gasteiger partial charge in [-0.1, -0.05) is 0 Å². The number of rotatable bonds is 5. The van der Waals surface area contributed by atoms with Crippen molar-refractivity contribution >= 4 is 22.8 Å². The predicted molar refractivity (Wildman–Crippen MR) is 70.6 cm³/mol. The monoisotopic (exact) mass is 260 g/mol. The van der Waals surface area contributed by atoms with Gasteiger partial charge in [0, 0.05) is 26.1 Å². The number of hydrogen-bond acceptors (Lipinski definition) is 5. The number of amides is 1. The van der Waals surface area contributed by atoms with Crippen molar-refractivity contribution in [1.82, 2.24) is 25.1 Å². The SMILES string of the molecule is Cn1ncc2c(NCCC(=O)NC3CC3)ncnc21. The van der Waals surface area contributed by atoms with Crippen LogP contribution in [0.25, 0.3) is 11.0 Å². The van der Waals surface area contributed by atoms with Gasteiger partial charge in [0.15, 0.2) is 5.65 Å². The fourth-order valence-electron chi connectivity index (χ4n) is 1.92. The second kappa shape index (κ2) is 4.83. The second-order valence-corrected chi connectivity index (χ2v) is 4.75. The predicted octanol–water partition coefficient (Wildman–Crippen LogP) is 0.444. The summed E-state index contributed by atoms with van der Waals surface area (Å²) < 4.78 is 1.70. The molecule has 1 aliphatic carbocycles. The minimum atomic E-state index is 0.0893. The van der Waals surface area contributed by atoms with Crippen LogP contribution in [0.1, 0.15) is 19.3 Å². The first-order valence-corrected chi connectivity index (χ1v) is 6.40. The number of nitrogens with one attached hydrogen (secondary N) is 2. The van der Waals surface area contributed by atoms with Crippen LogP contribution in [0.2, 0.25) is 0 Å². The largest absolute Gasteiger partial charge is 0.369 e. The zero-order chi connectivity index (χ0) is 13.2. The Morgan fingerprint density at radius 1 is 1.47 bits per heavy atom. The zero-order valence-corrected chi connectivity index (χ0v) is 10.8. The molecule has 1 amide bonds. The number of hydrogen-bond donors (Lipinski definition) is 2. The molecule has 3 rings (SSSR count). The van der Waals surface area contributed by atoms with E-state index < -0.39 is 0 Å². The molecule has 2 heterocycles. The summed E-state index contributed by atoms with van der Waals surface area (Å²) >= 11 is 0. The van der Waals surface area contributed by atoms with Gasteiger partial charge >= 0.3 is 0 Å². The summed E-state index contributed by atoms with van der Waals surface area (Å²) in [6.07, 6.45) is 5.89. The summed E-state index contributed by atoms with van der Waals surface area (Å²) in [5.74, 6) is 0.809. The molecule has 0 bridgehead atoms. The van der Waals surface area contributed by atoms with Gasteiger partial charge in [0.1, 0.15) is 12.1 Å². The molecule has 19 heavy (non-hydrogen) atoms. The highest BCUT2D eigenvalue weighted by molar-refractivity contribution is 5.86. The Kier molecular flexibility index (Phi) is 3.02. The van der Waals surface area contributed by atoms with E-state index in [1.165, 1.54) is 6.33 Å². The number of aryl methyl sites for hydroxylation is 1. The summed E-state index contributed by atoms with van der Waals surface area (Å²) in [5.41, 5.74) is 0.778. The first kappa shape index (κ1) is 11.9. The van der Waals surface area contributed by atoms with Crippen LogP contribution in [0.4, 0.5) is 5.82 Å². The summed E-state index contributed by atoms with van der Waals surface area (Å²) in [4.78, 5) is 19.9. The van der Waals surface area contributed by atoms with E-state index in [1.54, 1.807) is 10.9 Å². The maximum absolute atomic E-state index is 11.6. The van der Waals surface area contributed by atoms with Gasteiger partial charge in [0.25, 0.3) is 0 Å². The lowest BCUT2D eigenvalue weighted by Crippen LogP contribution is -2.27. The molecule has 7 nitrogen and oxygen atoms in total. The van der Waals surface area contributed by atoms with Crippen molar-refractivity contribution in [2.45, 2.75) is 25.3 Å². The van der Waals surface area contributed by atoms with Crippen LogP contribution in [0, 0.1) is 0 Å². The van der Waals surface area contributed by atoms with E-state index in [4.69, 9.17) is 0 Å². The maximum Gasteiger partial charge on any atom is 0.221 e. The second-order valence-electron chi connectivity index (χ2n) is 4.75. The highest BCUT2D eigenvalue weighted by Crippen LogP contribution is 2.19. The molecule has 1 aliphatic rings. The van der Waals surface area contributed by atoms with E-state index in [-0.39, 0.29) is 5.91 Å². The van der Waals surface area contributed by atoms with Gasteiger partial charge < -0.3 is 10.6 Å². The molecular formula is C12H16N6O. The average Bonchev–Trinajstić information content (AvgIpc) is 3.12. The fourth-order valence-corrected chi connectivity index (χ4v) is 1.92. The molecule has 0 aliphatic heterocycles. The molecule has 0 aromatic carbocycles. The summed E-state index contributed by atoms with van der Waals surface area (Å²) in [6, 6.07) is 0.414. The number of fused-ring (bicyclic) bond motifs is 1. The molecule has 0 unspecified atom stereocenters. The zero-order valence-electron chi connectivity index (χ0n) is 10.8. The fraction of sp³-hybridized carbons (Fsp3) is 0.500. The minimum absolute atomic E-state index is 0.0893. The van der Waals surface area contributed by atoms with E-state index in [1.807, 2.05) is 7.05 Å². The van der Waals surface area contributed by atoms with Crippen LogP contribution in [0.15, 0.2) is 12.5 Å². The lowest BCUT2D eigenvalue weighted by atomic mass is 10.3. The van der Waals surface area contributed by atoms with Crippen LogP contribution in [-0.2, 0) is 11.8 Å². The lowest BCUT2D eigenvalue weighted by molar-refractivity contribution is -0.120. The number of anilines is 1. The molecule has 100 valence electrons. The Morgan fingerprint density at radius 2 is 2.32 bits per heavy atom. The Hall–Kier alpha value is -2.18. The quantitative estimate of drug-likeness (QED) is 0.815. The molecule has 2 aromatic heterocycles. The van der Waals surface area contributed by atoms with Crippen molar-refractivity contribution in [3.8, 4) is 0 Å². The van der Waals surface area contributed by atoms with Gasteiger partial charge in [-0.15, -0.1) is 0 Å². The molecule has 0 saturated heterocycles. The van der Waals surface area contributed by atoms with Gasteiger partial charge in [0.05, 0.1) is 11.6 Å². The third kappa shape index (κ3) is 2.64. The molecule has 7 heteroatoms. The van der Waals surface area contributed by atoms with Crippen molar-refractivity contribution in [2.75, 3.05) is 11.9 Å². The van der Waals surface area contributed by atoms with Crippen molar-refractivity contribution in [1.29, 1.82) is 0 Å². The first-order chi connectivity index (χ1) is 9.24. The molecule has 0 radical (unpaired) electrons. The topological polar surface area (TPSA) is 84.7 Å². The highest BCUT2D eigenvalue weighted by atomic mass is 16.1. The van der Waals surface area contributed by atoms with Gasteiger partial charge in [-0.3, -0.25) is 9.48 Å². The first-order valence-electron chi connectivity index (χ1n) is 6.40. The van der Waals surface area contributed by atoms with E-state index >= 15 is 0 Å². The number of aromatic nitrogens is 4. The lowest BCUT2D eigenvalue weighted by Gasteiger charge is -2.06. The van der Waals surface area contributed by atoms with Gasteiger partial charge in [-0.2, -0.15) is 5.10 Å². The third-order valence-corrected chi connectivity index (χ3v) is 3.12. The van der Waals surface area contributed by atoms with Crippen molar-refractivity contribution in [2.24, 2.45) is 7.05 Å². The molecular weight excluding hydrogens is 244 g/mol. The van der Waals surface area contributed by atoms with Crippen molar-refractivity contribution in [3.63, 3.8) is 0 Å². The standard InChI is InChI=1S/C12H16N6O/c1-18-12-9(6-16-18)11(14-7-15-12)13-5-4-10(19)17-8-2-3-8/h6-8H,2-5H2,1H3,(H,17,19)(H,13,14,15). The third-order valence-electron chi connectivity index (χ3n) is 3.12. The van der Waals surface area contributed by atoms with E-state index in [9.17, 15) is 4.79 Å².